The average Bonchev–Trinajstić information content (AvgIpc) is 2.30. The second kappa shape index (κ2) is 5.27. The molecule has 0 radical (unpaired) electrons. The minimum atomic E-state index is -1.04. The minimum absolute atomic E-state index is 0.0553. The summed E-state index contributed by atoms with van der Waals surface area (Å²) < 4.78 is 0. The zero-order valence-electron chi connectivity index (χ0n) is 10.9. The van der Waals surface area contributed by atoms with Gasteiger partial charge in [0.05, 0.1) is 5.56 Å². The number of anilines is 2. The van der Waals surface area contributed by atoms with E-state index >= 15 is 0 Å². The maximum absolute atomic E-state index is 11.0. The van der Waals surface area contributed by atoms with Crippen LogP contribution in [0.1, 0.15) is 29.8 Å². The third-order valence-corrected chi connectivity index (χ3v) is 2.82. The highest BCUT2D eigenvalue weighted by Gasteiger charge is 2.17. The molecular weight excluding hydrogens is 232 g/mol. The molecule has 0 atom stereocenters. The Labute approximate surface area is 107 Å². The summed E-state index contributed by atoms with van der Waals surface area (Å²) in [6, 6.07) is 3.31. The van der Waals surface area contributed by atoms with Gasteiger partial charge in [-0.3, -0.25) is 0 Å². The van der Waals surface area contributed by atoms with Crippen molar-refractivity contribution < 1.29 is 15.0 Å². The van der Waals surface area contributed by atoms with Crippen molar-refractivity contribution in [3.05, 3.63) is 23.3 Å². The maximum Gasteiger partial charge on any atom is 0.337 e. The summed E-state index contributed by atoms with van der Waals surface area (Å²) in [6.07, 6.45) is 0. The predicted octanol–water partition coefficient (Wildman–Crippen LogP) is 1.71. The van der Waals surface area contributed by atoms with Crippen LogP contribution in [0.2, 0.25) is 0 Å². The molecule has 0 aliphatic carbocycles. The highest BCUT2D eigenvalue weighted by molar-refractivity contribution is 5.95. The third-order valence-electron chi connectivity index (χ3n) is 2.82. The summed E-state index contributed by atoms with van der Waals surface area (Å²) in [7, 11) is 0. The van der Waals surface area contributed by atoms with Crippen LogP contribution < -0.4 is 11.1 Å². The second-order valence-corrected chi connectivity index (χ2v) is 5.24. The molecule has 0 saturated carbocycles. The van der Waals surface area contributed by atoms with Gasteiger partial charge in [0, 0.05) is 29.9 Å². The fourth-order valence-corrected chi connectivity index (χ4v) is 1.47. The van der Waals surface area contributed by atoms with Gasteiger partial charge in [0.15, 0.2) is 0 Å². The van der Waals surface area contributed by atoms with Gasteiger partial charge in [-0.15, -0.1) is 0 Å². The van der Waals surface area contributed by atoms with Crippen LogP contribution in [0.15, 0.2) is 12.1 Å². The molecule has 0 spiro atoms. The number of benzene rings is 1. The zero-order chi connectivity index (χ0) is 13.9. The molecule has 18 heavy (non-hydrogen) atoms. The molecule has 1 aromatic carbocycles. The Morgan fingerprint density at radius 1 is 1.44 bits per heavy atom. The molecule has 0 heterocycles. The number of aliphatic hydroxyl groups is 1. The van der Waals surface area contributed by atoms with Crippen molar-refractivity contribution >= 4 is 17.3 Å². The van der Waals surface area contributed by atoms with Gasteiger partial charge in [-0.1, -0.05) is 13.8 Å². The van der Waals surface area contributed by atoms with Crippen molar-refractivity contribution in [1.29, 1.82) is 0 Å². The number of carbonyl (C=O) groups is 1. The Morgan fingerprint density at radius 3 is 2.56 bits per heavy atom. The van der Waals surface area contributed by atoms with Gasteiger partial charge in [0.1, 0.15) is 0 Å². The highest BCUT2D eigenvalue weighted by atomic mass is 16.4. The molecular formula is C13H20N2O3. The van der Waals surface area contributed by atoms with Crippen molar-refractivity contribution in [2.75, 3.05) is 24.2 Å². The van der Waals surface area contributed by atoms with E-state index in [4.69, 9.17) is 15.9 Å². The SMILES string of the molecule is Cc1cc(NCC(C)(C)CO)cc(C(=O)O)c1N. The molecule has 5 nitrogen and oxygen atoms in total. The summed E-state index contributed by atoms with van der Waals surface area (Å²) >= 11 is 0. The van der Waals surface area contributed by atoms with E-state index in [0.29, 0.717) is 12.2 Å². The molecule has 0 aromatic heterocycles. The molecule has 1 rings (SSSR count). The number of aryl methyl sites for hydroxylation is 1. The molecule has 0 unspecified atom stereocenters. The van der Waals surface area contributed by atoms with Crippen LogP contribution in [-0.2, 0) is 0 Å². The first-order valence-electron chi connectivity index (χ1n) is 5.75. The Hall–Kier alpha value is -1.75. The summed E-state index contributed by atoms with van der Waals surface area (Å²) in [5.41, 5.74) is 7.25. The Kier molecular flexibility index (Phi) is 4.19. The zero-order valence-corrected chi connectivity index (χ0v) is 10.9. The van der Waals surface area contributed by atoms with Crippen molar-refractivity contribution in [2.24, 2.45) is 5.41 Å². The molecule has 1 aromatic rings. The first-order chi connectivity index (χ1) is 8.26. The molecule has 0 fully saturated rings. The van der Waals surface area contributed by atoms with Crippen LogP contribution in [0.3, 0.4) is 0 Å². The number of nitrogens with one attached hydrogen (secondary N) is 1. The number of rotatable bonds is 5. The lowest BCUT2D eigenvalue weighted by Gasteiger charge is -2.23. The number of aliphatic hydroxyl groups excluding tert-OH is 1. The number of aromatic carboxylic acids is 1. The van der Waals surface area contributed by atoms with E-state index in [9.17, 15) is 4.79 Å². The lowest BCUT2D eigenvalue weighted by Crippen LogP contribution is -2.26. The lowest BCUT2D eigenvalue weighted by molar-refractivity contribution is 0.0698. The molecule has 0 bridgehead atoms. The van der Waals surface area contributed by atoms with Crippen LogP contribution in [0.5, 0.6) is 0 Å². The molecule has 0 aliphatic heterocycles. The number of hydrogen-bond acceptors (Lipinski definition) is 4. The van der Waals surface area contributed by atoms with Gasteiger partial charge in [-0.2, -0.15) is 0 Å². The quantitative estimate of drug-likeness (QED) is 0.598. The van der Waals surface area contributed by atoms with Gasteiger partial charge in [0.25, 0.3) is 0 Å². The minimum Gasteiger partial charge on any atom is -0.478 e. The van der Waals surface area contributed by atoms with Gasteiger partial charge in [-0.25, -0.2) is 4.79 Å². The molecule has 0 saturated heterocycles. The second-order valence-electron chi connectivity index (χ2n) is 5.24. The molecule has 0 aliphatic rings. The monoisotopic (exact) mass is 252 g/mol. The Bertz CT molecular complexity index is 456. The molecule has 5 heteroatoms. The number of carboxylic acid groups (broad SMARTS) is 1. The number of carboxylic acids is 1. The van der Waals surface area contributed by atoms with Crippen LogP contribution >= 0.6 is 0 Å². The van der Waals surface area contributed by atoms with E-state index in [1.807, 2.05) is 13.8 Å². The van der Waals surface area contributed by atoms with E-state index in [0.717, 1.165) is 5.56 Å². The summed E-state index contributed by atoms with van der Waals surface area (Å²) in [4.78, 5) is 11.0. The largest absolute Gasteiger partial charge is 0.478 e. The van der Waals surface area contributed by atoms with E-state index in [-0.39, 0.29) is 23.3 Å². The van der Waals surface area contributed by atoms with Gasteiger partial charge >= 0.3 is 5.97 Å². The fourth-order valence-electron chi connectivity index (χ4n) is 1.47. The topological polar surface area (TPSA) is 95.6 Å². The van der Waals surface area contributed by atoms with Gasteiger partial charge in [-0.05, 0) is 24.6 Å². The fraction of sp³-hybridized carbons (Fsp3) is 0.462. The standard InChI is InChI=1S/C13H20N2O3/c1-8-4-9(15-6-13(2,3)7-16)5-10(11(8)14)12(17)18/h4-5,15-16H,6-7,14H2,1-3H3,(H,17,18). The average molecular weight is 252 g/mol. The van der Waals surface area contributed by atoms with Crippen molar-refractivity contribution in [3.63, 3.8) is 0 Å². The lowest BCUT2D eigenvalue weighted by atomic mass is 9.95. The Balaban J connectivity index is 2.95. The number of hydrogen-bond donors (Lipinski definition) is 4. The highest BCUT2D eigenvalue weighted by Crippen LogP contribution is 2.24. The predicted molar refractivity (Wildman–Crippen MR) is 71.9 cm³/mol. The number of nitrogens with two attached hydrogens (primary N) is 1. The van der Waals surface area contributed by atoms with Gasteiger partial charge < -0.3 is 21.3 Å². The van der Waals surface area contributed by atoms with Crippen molar-refractivity contribution in [2.45, 2.75) is 20.8 Å². The first kappa shape index (κ1) is 14.3. The van der Waals surface area contributed by atoms with E-state index in [1.54, 1.807) is 13.0 Å². The number of nitrogen functional groups attached to an aromatic ring is 1. The van der Waals surface area contributed by atoms with E-state index < -0.39 is 5.97 Å². The van der Waals surface area contributed by atoms with Crippen LogP contribution in [0.25, 0.3) is 0 Å². The first-order valence-corrected chi connectivity index (χ1v) is 5.75. The van der Waals surface area contributed by atoms with Crippen LogP contribution in [0, 0.1) is 12.3 Å². The van der Waals surface area contributed by atoms with Crippen LogP contribution in [-0.4, -0.2) is 29.3 Å². The smallest absolute Gasteiger partial charge is 0.337 e. The van der Waals surface area contributed by atoms with Crippen molar-refractivity contribution in [3.8, 4) is 0 Å². The molecule has 0 amide bonds. The van der Waals surface area contributed by atoms with Crippen LogP contribution in [0.4, 0.5) is 11.4 Å². The molecule has 100 valence electrons. The van der Waals surface area contributed by atoms with E-state index in [2.05, 4.69) is 5.32 Å². The van der Waals surface area contributed by atoms with Gasteiger partial charge in [0.2, 0.25) is 0 Å². The Morgan fingerprint density at radius 2 is 2.06 bits per heavy atom. The normalized spacial score (nSPS) is 11.3. The van der Waals surface area contributed by atoms with Crippen molar-refractivity contribution in [1.82, 2.24) is 0 Å². The van der Waals surface area contributed by atoms with E-state index in [1.165, 1.54) is 6.07 Å². The molecule has 5 N–H and O–H groups in total. The summed E-state index contributed by atoms with van der Waals surface area (Å²) in [5, 5.41) is 21.3. The maximum atomic E-state index is 11.0. The summed E-state index contributed by atoms with van der Waals surface area (Å²) in [5.74, 6) is -1.04. The summed E-state index contributed by atoms with van der Waals surface area (Å²) in [6.45, 7) is 6.21. The third kappa shape index (κ3) is 3.37.